The number of fused-ring (bicyclic) bond motifs is 2. The first-order chi connectivity index (χ1) is 10.7. The van der Waals surface area contributed by atoms with E-state index >= 15 is 0 Å². The van der Waals surface area contributed by atoms with Crippen molar-refractivity contribution < 1.29 is 0 Å². The third-order valence-electron chi connectivity index (χ3n) is 4.64. The number of hydrogen-bond donors (Lipinski definition) is 0. The number of nitrogens with zero attached hydrogens (tertiary/aromatic N) is 1. The van der Waals surface area contributed by atoms with E-state index in [4.69, 9.17) is 16.6 Å². The lowest BCUT2D eigenvalue weighted by Crippen LogP contribution is -2.14. The van der Waals surface area contributed by atoms with Gasteiger partial charge in [0.15, 0.2) is 0 Å². The zero-order valence-corrected chi connectivity index (χ0v) is 13.4. The molecule has 110 valence electrons. The van der Waals surface area contributed by atoms with Gasteiger partial charge in [0.1, 0.15) is 0 Å². The fourth-order valence-corrected chi connectivity index (χ4v) is 3.63. The molecule has 4 rings (SSSR count). The van der Waals surface area contributed by atoms with Gasteiger partial charge in [-0.25, -0.2) is 0 Å². The maximum Gasteiger partial charge on any atom is 0.0711 e. The largest absolute Gasteiger partial charge is 0.253 e. The normalized spacial score (nSPS) is 17.5. The van der Waals surface area contributed by atoms with Crippen LogP contribution in [-0.4, -0.2) is 4.98 Å². The minimum atomic E-state index is 0.724. The molecule has 1 aliphatic carbocycles. The fourth-order valence-electron chi connectivity index (χ4n) is 3.51. The Labute approximate surface area is 136 Å². The standard InChI is InChI=1S/C20H18ClN/c1-13-6-11-19-17(12-13)20(14-7-9-15(21)10-8-14)16-4-2-3-5-18(16)22-19/h2-5,7-10,13H,6,11-12H2,1H3. The van der Waals surface area contributed by atoms with Crippen LogP contribution in [0.25, 0.3) is 22.0 Å². The van der Waals surface area contributed by atoms with Crippen LogP contribution in [-0.2, 0) is 12.8 Å². The fraction of sp³-hybridized carbons (Fsp3) is 0.250. The lowest BCUT2D eigenvalue weighted by Gasteiger charge is -2.25. The van der Waals surface area contributed by atoms with Crippen LogP contribution in [0.2, 0.25) is 5.02 Å². The molecule has 0 spiro atoms. The van der Waals surface area contributed by atoms with E-state index in [0.29, 0.717) is 0 Å². The van der Waals surface area contributed by atoms with E-state index in [-0.39, 0.29) is 0 Å². The summed E-state index contributed by atoms with van der Waals surface area (Å²) in [6.45, 7) is 2.34. The average Bonchev–Trinajstić information content (AvgIpc) is 2.54. The van der Waals surface area contributed by atoms with E-state index in [1.165, 1.54) is 34.2 Å². The molecular weight excluding hydrogens is 290 g/mol. The number of benzene rings is 2. The van der Waals surface area contributed by atoms with E-state index in [0.717, 1.165) is 29.3 Å². The summed E-state index contributed by atoms with van der Waals surface area (Å²) in [7, 11) is 0. The first-order valence-corrected chi connectivity index (χ1v) is 8.26. The van der Waals surface area contributed by atoms with Crippen LogP contribution in [0.3, 0.4) is 0 Å². The number of pyridine rings is 1. The summed E-state index contributed by atoms with van der Waals surface area (Å²) in [6.07, 6.45) is 3.44. The van der Waals surface area contributed by atoms with Gasteiger partial charge in [-0.15, -0.1) is 0 Å². The summed E-state index contributed by atoms with van der Waals surface area (Å²) in [5.41, 5.74) is 6.40. The van der Waals surface area contributed by atoms with Crippen LogP contribution in [0.1, 0.15) is 24.6 Å². The van der Waals surface area contributed by atoms with Crippen molar-refractivity contribution in [3.8, 4) is 11.1 Å². The molecule has 0 N–H and O–H groups in total. The average molecular weight is 308 g/mol. The minimum Gasteiger partial charge on any atom is -0.253 e. The Morgan fingerprint density at radius 2 is 1.82 bits per heavy atom. The lowest BCUT2D eigenvalue weighted by molar-refractivity contribution is 0.496. The molecule has 2 aromatic carbocycles. The molecule has 2 heteroatoms. The summed E-state index contributed by atoms with van der Waals surface area (Å²) < 4.78 is 0. The number of aromatic nitrogens is 1. The molecule has 1 aromatic heterocycles. The summed E-state index contributed by atoms with van der Waals surface area (Å²) in [6, 6.07) is 16.7. The van der Waals surface area contributed by atoms with E-state index in [1.54, 1.807) is 0 Å². The molecule has 1 aliphatic rings. The van der Waals surface area contributed by atoms with Crippen molar-refractivity contribution in [2.45, 2.75) is 26.2 Å². The molecule has 1 nitrogen and oxygen atoms in total. The molecule has 0 saturated carbocycles. The second kappa shape index (κ2) is 5.40. The van der Waals surface area contributed by atoms with Gasteiger partial charge < -0.3 is 0 Å². The summed E-state index contributed by atoms with van der Waals surface area (Å²) >= 11 is 6.07. The van der Waals surface area contributed by atoms with E-state index in [1.807, 2.05) is 12.1 Å². The van der Waals surface area contributed by atoms with Gasteiger partial charge in [-0.2, -0.15) is 0 Å². The van der Waals surface area contributed by atoms with Gasteiger partial charge >= 0.3 is 0 Å². The molecule has 0 fully saturated rings. The van der Waals surface area contributed by atoms with Gasteiger partial charge in [-0.3, -0.25) is 4.98 Å². The monoisotopic (exact) mass is 307 g/mol. The predicted octanol–water partition coefficient (Wildman–Crippen LogP) is 5.68. The second-order valence-electron chi connectivity index (χ2n) is 6.28. The van der Waals surface area contributed by atoms with Crippen LogP contribution in [0.15, 0.2) is 48.5 Å². The van der Waals surface area contributed by atoms with Crippen molar-refractivity contribution >= 4 is 22.5 Å². The first kappa shape index (κ1) is 13.8. The van der Waals surface area contributed by atoms with Crippen LogP contribution in [0.4, 0.5) is 0 Å². The number of rotatable bonds is 1. The van der Waals surface area contributed by atoms with Crippen molar-refractivity contribution in [1.82, 2.24) is 4.98 Å². The quantitative estimate of drug-likeness (QED) is 0.563. The Hall–Kier alpha value is -1.86. The number of para-hydroxylation sites is 1. The van der Waals surface area contributed by atoms with Crippen molar-refractivity contribution in [1.29, 1.82) is 0 Å². The Morgan fingerprint density at radius 3 is 2.64 bits per heavy atom. The minimum absolute atomic E-state index is 0.724. The molecule has 1 heterocycles. The smallest absolute Gasteiger partial charge is 0.0711 e. The van der Waals surface area contributed by atoms with E-state index in [9.17, 15) is 0 Å². The highest BCUT2D eigenvalue weighted by Gasteiger charge is 2.22. The lowest BCUT2D eigenvalue weighted by atomic mass is 9.82. The third-order valence-corrected chi connectivity index (χ3v) is 4.89. The highest BCUT2D eigenvalue weighted by Crippen LogP contribution is 2.38. The number of aryl methyl sites for hydroxylation is 1. The zero-order valence-electron chi connectivity index (χ0n) is 12.6. The number of hydrogen-bond acceptors (Lipinski definition) is 1. The topological polar surface area (TPSA) is 12.9 Å². The predicted molar refractivity (Wildman–Crippen MR) is 93.4 cm³/mol. The van der Waals surface area contributed by atoms with Gasteiger partial charge in [-0.05, 0) is 60.1 Å². The zero-order chi connectivity index (χ0) is 15.1. The molecular formula is C20H18ClN. The highest BCUT2D eigenvalue weighted by atomic mass is 35.5. The maximum absolute atomic E-state index is 6.07. The van der Waals surface area contributed by atoms with Crippen molar-refractivity contribution in [3.05, 3.63) is 64.8 Å². The van der Waals surface area contributed by atoms with Crippen LogP contribution >= 0.6 is 11.6 Å². The van der Waals surface area contributed by atoms with Gasteiger partial charge in [0.2, 0.25) is 0 Å². The summed E-state index contributed by atoms with van der Waals surface area (Å²) in [5.74, 6) is 0.724. The molecule has 0 bridgehead atoms. The molecule has 22 heavy (non-hydrogen) atoms. The molecule has 0 amide bonds. The maximum atomic E-state index is 6.07. The van der Waals surface area contributed by atoms with Crippen LogP contribution in [0, 0.1) is 5.92 Å². The van der Waals surface area contributed by atoms with Crippen LogP contribution < -0.4 is 0 Å². The van der Waals surface area contributed by atoms with E-state index in [2.05, 4.69) is 43.3 Å². The molecule has 1 unspecified atom stereocenters. The first-order valence-electron chi connectivity index (χ1n) is 7.89. The van der Waals surface area contributed by atoms with Crippen molar-refractivity contribution in [3.63, 3.8) is 0 Å². The Bertz CT molecular complexity index is 836. The SMILES string of the molecule is CC1CCc2nc3ccccc3c(-c3ccc(Cl)cc3)c2C1. The highest BCUT2D eigenvalue weighted by molar-refractivity contribution is 6.30. The molecule has 0 saturated heterocycles. The molecule has 1 atom stereocenters. The Kier molecular flexibility index (Phi) is 3.38. The molecule has 0 radical (unpaired) electrons. The second-order valence-corrected chi connectivity index (χ2v) is 6.72. The van der Waals surface area contributed by atoms with Crippen molar-refractivity contribution in [2.24, 2.45) is 5.92 Å². The summed E-state index contributed by atoms with van der Waals surface area (Å²) in [5, 5.41) is 2.03. The number of halogens is 1. The van der Waals surface area contributed by atoms with Gasteiger partial charge in [0.05, 0.1) is 5.52 Å². The van der Waals surface area contributed by atoms with Crippen LogP contribution in [0.5, 0.6) is 0 Å². The molecule has 0 aliphatic heterocycles. The van der Waals surface area contributed by atoms with Crippen molar-refractivity contribution in [2.75, 3.05) is 0 Å². The Balaban J connectivity index is 2.05. The van der Waals surface area contributed by atoms with Gasteiger partial charge in [0, 0.05) is 16.1 Å². The summed E-state index contributed by atoms with van der Waals surface area (Å²) in [4.78, 5) is 4.93. The van der Waals surface area contributed by atoms with Gasteiger partial charge in [-0.1, -0.05) is 48.9 Å². The van der Waals surface area contributed by atoms with E-state index < -0.39 is 0 Å². The molecule has 3 aromatic rings. The third kappa shape index (κ3) is 2.30. The van der Waals surface area contributed by atoms with Gasteiger partial charge in [0.25, 0.3) is 0 Å². The Morgan fingerprint density at radius 1 is 1.05 bits per heavy atom.